The second-order valence-electron chi connectivity index (χ2n) is 3.96. The van der Waals surface area contributed by atoms with Gasteiger partial charge < -0.3 is 10.5 Å². The summed E-state index contributed by atoms with van der Waals surface area (Å²) in [6.07, 6.45) is 2.71. The van der Waals surface area contributed by atoms with Crippen LogP contribution in [-0.4, -0.2) is 22.5 Å². The van der Waals surface area contributed by atoms with Crippen molar-refractivity contribution >= 4 is 0 Å². The molecule has 0 spiro atoms. The summed E-state index contributed by atoms with van der Waals surface area (Å²) in [6, 6.07) is 1.94. The molecule has 4 heteroatoms. The summed E-state index contributed by atoms with van der Waals surface area (Å²) in [5.41, 5.74) is 6.54. The van der Waals surface area contributed by atoms with Crippen molar-refractivity contribution in [2.24, 2.45) is 5.73 Å². The summed E-state index contributed by atoms with van der Waals surface area (Å²) >= 11 is 0. The smallest absolute Gasteiger partial charge is 0.0640 e. The van der Waals surface area contributed by atoms with E-state index in [0.717, 1.165) is 18.7 Å². The van der Waals surface area contributed by atoms with Crippen molar-refractivity contribution < 1.29 is 4.74 Å². The summed E-state index contributed by atoms with van der Waals surface area (Å²) in [5, 5.41) is 4.21. The number of nitrogens with zero attached hydrogens (tertiary/aromatic N) is 2. The van der Waals surface area contributed by atoms with Gasteiger partial charge in [-0.3, -0.25) is 4.68 Å². The molecule has 1 aromatic rings. The molecule has 1 heterocycles. The van der Waals surface area contributed by atoms with Gasteiger partial charge in [0, 0.05) is 26.4 Å². The number of rotatable bonds is 5. The lowest BCUT2D eigenvalue weighted by atomic mass is 10.1. The van der Waals surface area contributed by atoms with Crippen LogP contribution in [-0.2, 0) is 17.8 Å². The molecule has 80 valence electrons. The Morgan fingerprint density at radius 3 is 2.86 bits per heavy atom. The molecular weight excluding hydrogens is 178 g/mol. The predicted octanol–water partition coefficient (Wildman–Crippen LogP) is 1.16. The minimum Gasteiger partial charge on any atom is -0.379 e. The average Bonchev–Trinajstić information content (AvgIpc) is 2.62. The average molecular weight is 197 g/mol. The Balaban J connectivity index is 2.53. The highest BCUT2D eigenvalue weighted by Gasteiger charge is 2.16. The minimum absolute atomic E-state index is 0.0994. The number of hydrogen-bond donors (Lipinski definition) is 1. The number of methoxy groups -OCH3 is 1. The van der Waals surface area contributed by atoms with Crippen LogP contribution in [0.25, 0.3) is 0 Å². The van der Waals surface area contributed by atoms with E-state index in [1.165, 1.54) is 0 Å². The normalized spacial score (nSPS) is 12.0. The Morgan fingerprint density at radius 2 is 2.29 bits per heavy atom. The summed E-state index contributed by atoms with van der Waals surface area (Å²) in [6.45, 7) is 5.52. The molecule has 0 atom stereocenters. The van der Waals surface area contributed by atoms with Gasteiger partial charge in [-0.2, -0.15) is 5.10 Å². The van der Waals surface area contributed by atoms with Crippen molar-refractivity contribution in [1.29, 1.82) is 0 Å². The summed E-state index contributed by atoms with van der Waals surface area (Å²) < 4.78 is 7.27. The highest BCUT2D eigenvalue weighted by molar-refractivity contribution is 4.99. The van der Waals surface area contributed by atoms with Crippen LogP contribution in [0.4, 0.5) is 0 Å². The molecule has 1 rings (SSSR count). The van der Waals surface area contributed by atoms with Crippen LogP contribution in [0.1, 0.15) is 26.0 Å². The standard InChI is InChI=1S/C10H19N3O/c1-10(2,14-3)5-7-13-9(8-11)4-6-12-13/h4,6H,5,7-8,11H2,1-3H3. The Hall–Kier alpha value is -0.870. The molecule has 1 aromatic heterocycles. The van der Waals surface area contributed by atoms with Crippen molar-refractivity contribution in [2.75, 3.05) is 7.11 Å². The van der Waals surface area contributed by atoms with E-state index >= 15 is 0 Å². The van der Waals surface area contributed by atoms with E-state index in [-0.39, 0.29) is 5.60 Å². The monoisotopic (exact) mass is 197 g/mol. The topological polar surface area (TPSA) is 53.1 Å². The van der Waals surface area contributed by atoms with Gasteiger partial charge in [0.2, 0.25) is 0 Å². The Kier molecular flexibility index (Phi) is 3.66. The maximum atomic E-state index is 5.57. The number of hydrogen-bond acceptors (Lipinski definition) is 3. The zero-order chi connectivity index (χ0) is 10.6. The molecule has 0 saturated carbocycles. The van der Waals surface area contributed by atoms with Crippen LogP contribution in [0.5, 0.6) is 0 Å². The van der Waals surface area contributed by atoms with Crippen LogP contribution in [0.15, 0.2) is 12.3 Å². The summed E-state index contributed by atoms with van der Waals surface area (Å²) in [5.74, 6) is 0. The molecular formula is C10H19N3O. The summed E-state index contributed by atoms with van der Waals surface area (Å²) in [7, 11) is 1.73. The van der Waals surface area contributed by atoms with E-state index in [0.29, 0.717) is 6.54 Å². The molecule has 0 aliphatic heterocycles. The molecule has 0 aliphatic carbocycles. The first-order valence-corrected chi connectivity index (χ1v) is 4.85. The molecule has 0 radical (unpaired) electrons. The molecule has 0 bridgehead atoms. The van der Waals surface area contributed by atoms with Gasteiger partial charge >= 0.3 is 0 Å². The number of aryl methyl sites for hydroxylation is 1. The molecule has 2 N–H and O–H groups in total. The largest absolute Gasteiger partial charge is 0.379 e. The lowest BCUT2D eigenvalue weighted by Crippen LogP contribution is -2.25. The second-order valence-corrected chi connectivity index (χ2v) is 3.96. The van der Waals surface area contributed by atoms with Crippen LogP contribution in [0.2, 0.25) is 0 Å². The lowest BCUT2D eigenvalue weighted by Gasteiger charge is -2.22. The molecule has 0 amide bonds. The highest BCUT2D eigenvalue weighted by atomic mass is 16.5. The number of ether oxygens (including phenoxy) is 1. The van der Waals surface area contributed by atoms with Gasteiger partial charge in [0.25, 0.3) is 0 Å². The minimum atomic E-state index is -0.0994. The van der Waals surface area contributed by atoms with Crippen molar-refractivity contribution in [3.63, 3.8) is 0 Å². The van der Waals surface area contributed by atoms with Gasteiger partial charge in [-0.15, -0.1) is 0 Å². The van der Waals surface area contributed by atoms with Crippen LogP contribution in [0.3, 0.4) is 0 Å². The van der Waals surface area contributed by atoms with Gasteiger partial charge in [-0.1, -0.05) is 0 Å². The zero-order valence-corrected chi connectivity index (χ0v) is 9.16. The lowest BCUT2D eigenvalue weighted by molar-refractivity contribution is 0.0111. The van der Waals surface area contributed by atoms with E-state index < -0.39 is 0 Å². The van der Waals surface area contributed by atoms with E-state index in [9.17, 15) is 0 Å². The Bertz CT molecular complexity index is 281. The van der Waals surface area contributed by atoms with Crippen molar-refractivity contribution in [3.8, 4) is 0 Å². The first kappa shape index (κ1) is 11.2. The third-order valence-corrected chi connectivity index (χ3v) is 2.49. The number of nitrogens with two attached hydrogens (primary N) is 1. The van der Waals surface area contributed by atoms with Crippen LogP contribution in [0, 0.1) is 0 Å². The third kappa shape index (κ3) is 2.82. The van der Waals surface area contributed by atoms with Gasteiger partial charge in [0.1, 0.15) is 0 Å². The Morgan fingerprint density at radius 1 is 1.57 bits per heavy atom. The zero-order valence-electron chi connectivity index (χ0n) is 9.16. The van der Waals surface area contributed by atoms with Crippen molar-refractivity contribution in [3.05, 3.63) is 18.0 Å². The molecule has 0 fully saturated rings. The quantitative estimate of drug-likeness (QED) is 0.770. The maximum absolute atomic E-state index is 5.57. The van der Waals surface area contributed by atoms with E-state index in [4.69, 9.17) is 10.5 Å². The third-order valence-electron chi connectivity index (χ3n) is 2.49. The first-order chi connectivity index (χ1) is 6.59. The van der Waals surface area contributed by atoms with E-state index in [2.05, 4.69) is 18.9 Å². The summed E-state index contributed by atoms with van der Waals surface area (Å²) in [4.78, 5) is 0. The Labute approximate surface area is 85.0 Å². The van der Waals surface area contributed by atoms with Crippen molar-refractivity contribution in [2.45, 2.75) is 39.0 Å². The fourth-order valence-electron chi connectivity index (χ4n) is 1.21. The van der Waals surface area contributed by atoms with Gasteiger partial charge in [0.05, 0.1) is 11.3 Å². The second kappa shape index (κ2) is 4.57. The van der Waals surface area contributed by atoms with Crippen LogP contribution >= 0.6 is 0 Å². The fraction of sp³-hybridized carbons (Fsp3) is 0.700. The van der Waals surface area contributed by atoms with Gasteiger partial charge in [-0.05, 0) is 26.3 Å². The molecule has 0 unspecified atom stereocenters. The van der Waals surface area contributed by atoms with Gasteiger partial charge in [0.15, 0.2) is 0 Å². The van der Waals surface area contributed by atoms with Crippen molar-refractivity contribution in [1.82, 2.24) is 9.78 Å². The molecule has 14 heavy (non-hydrogen) atoms. The highest BCUT2D eigenvalue weighted by Crippen LogP contribution is 2.14. The fourth-order valence-corrected chi connectivity index (χ4v) is 1.21. The molecule has 0 aromatic carbocycles. The maximum Gasteiger partial charge on any atom is 0.0640 e. The SMILES string of the molecule is COC(C)(C)CCn1nccc1CN. The first-order valence-electron chi connectivity index (χ1n) is 4.85. The van der Waals surface area contributed by atoms with Crippen LogP contribution < -0.4 is 5.73 Å². The van der Waals surface area contributed by atoms with E-state index in [1.54, 1.807) is 13.3 Å². The number of aromatic nitrogens is 2. The van der Waals surface area contributed by atoms with E-state index in [1.807, 2.05) is 10.7 Å². The van der Waals surface area contributed by atoms with Gasteiger partial charge in [-0.25, -0.2) is 0 Å². The molecule has 0 saturated heterocycles. The molecule has 4 nitrogen and oxygen atoms in total. The predicted molar refractivity (Wildman–Crippen MR) is 55.8 cm³/mol. The molecule has 0 aliphatic rings.